The highest BCUT2D eigenvalue weighted by Crippen LogP contribution is 2.39. The molecule has 1 aromatic carbocycles. The van der Waals surface area contributed by atoms with Gasteiger partial charge in [-0.05, 0) is 17.7 Å². The summed E-state index contributed by atoms with van der Waals surface area (Å²) in [5, 5.41) is 11.0. The van der Waals surface area contributed by atoms with Crippen LogP contribution in [0.2, 0.25) is 0 Å². The molecule has 2 atom stereocenters. The zero-order valence-corrected chi connectivity index (χ0v) is 11.5. The van der Waals surface area contributed by atoms with Gasteiger partial charge in [-0.15, -0.1) is 0 Å². The van der Waals surface area contributed by atoms with E-state index in [4.69, 9.17) is 0 Å². The quantitative estimate of drug-likeness (QED) is 0.831. The molecule has 2 nitrogen and oxygen atoms in total. The summed E-state index contributed by atoms with van der Waals surface area (Å²) in [4.78, 5) is 1.41. The Morgan fingerprint density at radius 1 is 1.35 bits per heavy atom. The lowest BCUT2D eigenvalue weighted by atomic mass is 9.79. The Balaban J connectivity index is 2.25. The van der Waals surface area contributed by atoms with E-state index >= 15 is 0 Å². The van der Waals surface area contributed by atoms with E-state index in [0.29, 0.717) is 5.92 Å². The van der Waals surface area contributed by atoms with Crippen molar-refractivity contribution >= 4 is 11.8 Å². The number of benzene rings is 1. The zero-order valence-electron chi connectivity index (χ0n) is 10.6. The van der Waals surface area contributed by atoms with Crippen LogP contribution in [0.5, 0.6) is 0 Å². The molecule has 0 amide bonds. The lowest BCUT2D eigenvalue weighted by molar-refractivity contribution is -0.863. The van der Waals surface area contributed by atoms with E-state index in [-0.39, 0.29) is 0 Å². The predicted octanol–water partition coefficient (Wildman–Crippen LogP) is 0.772. The van der Waals surface area contributed by atoms with Crippen molar-refractivity contribution in [3.05, 3.63) is 35.9 Å². The summed E-state index contributed by atoms with van der Waals surface area (Å²) >= 11 is 1.97. The van der Waals surface area contributed by atoms with Gasteiger partial charge in [0.25, 0.3) is 0 Å². The van der Waals surface area contributed by atoms with Crippen molar-refractivity contribution in [2.24, 2.45) is 5.92 Å². The van der Waals surface area contributed by atoms with Crippen LogP contribution in [0.4, 0.5) is 0 Å². The molecule has 1 aliphatic heterocycles. The normalized spacial score (nSPS) is 29.5. The summed E-state index contributed by atoms with van der Waals surface area (Å²) in [7, 11) is 4.31. The molecular formula is C14H22NOS+. The first-order valence-electron chi connectivity index (χ1n) is 6.27. The van der Waals surface area contributed by atoms with Gasteiger partial charge in [-0.2, -0.15) is 11.8 Å². The third-order valence-corrected chi connectivity index (χ3v) is 4.68. The number of aliphatic hydroxyl groups is 1. The number of nitrogens with one attached hydrogen (secondary N) is 1. The summed E-state index contributed by atoms with van der Waals surface area (Å²) < 4.78 is 0. The molecule has 0 bridgehead atoms. The Kier molecular flexibility index (Phi) is 4.13. The number of thioether (sulfide) groups is 1. The highest BCUT2D eigenvalue weighted by molar-refractivity contribution is 7.99. The molecular weight excluding hydrogens is 230 g/mol. The van der Waals surface area contributed by atoms with Crippen molar-refractivity contribution in [3.63, 3.8) is 0 Å². The molecule has 17 heavy (non-hydrogen) atoms. The second kappa shape index (κ2) is 5.42. The smallest absolute Gasteiger partial charge is 0.0994 e. The molecule has 0 aromatic heterocycles. The van der Waals surface area contributed by atoms with Crippen molar-refractivity contribution in [1.82, 2.24) is 0 Å². The van der Waals surface area contributed by atoms with Crippen LogP contribution in [0.15, 0.2) is 30.3 Å². The minimum atomic E-state index is -0.621. The molecule has 3 heteroatoms. The van der Waals surface area contributed by atoms with Crippen molar-refractivity contribution in [2.45, 2.75) is 12.0 Å². The first-order chi connectivity index (χ1) is 8.13. The molecule has 1 fully saturated rings. The largest absolute Gasteiger partial charge is 0.385 e. The van der Waals surface area contributed by atoms with Gasteiger partial charge >= 0.3 is 0 Å². The average molecular weight is 252 g/mol. The van der Waals surface area contributed by atoms with Gasteiger partial charge in [0.05, 0.1) is 32.2 Å². The van der Waals surface area contributed by atoms with E-state index < -0.39 is 5.60 Å². The van der Waals surface area contributed by atoms with Crippen molar-refractivity contribution < 1.29 is 10.0 Å². The summed E-state index contributed by atoms with van der Waals surface area (Å²) in [6.45, 7) is 1.03. The van der Waals surface area contributed by atoms with Crippen LogP contribution >= 0.6 is 11.8 Å². The lowest BCUT2D eigenvalue weighted by Gasteiger charge is -2.40. The lowest BCUT2D eigenvalue weighted by Crippen LogP contribution is -3.07. The maximum absolute atomic E-state index is 11.0. The summed E-state index contributed by atoms with van der Waals surface area (Å²) in [6.07, 6.45) is 0.875. The first-order valence-corrected chi connectivity index (χ1v) is 7.43. The molecule has 0 spiro atoms. The SMILES string of the molecule is C[NH+](C)C[C@H]1CSCC[C@@]1(O)c1ccccc1. The van der Waals surface area contributed by atoms with Crippen LogP contribution < -0.4 is 4.90 Å². The molecule has 2 rings (SSSR count). The maximum atomic E-state index is 11.0. The summed E-state index contributed by atoms with van der Waals surface area (Å²) in [5.74, 6) is 2.48. The fraction of sp³-hybridized carbons (Fsp3) is 0.571. The standard InChI is InChI=1S/C14H21NOS/c1-15(2)10-13-11-17-9-8-14(13,16)12-6-4-3-5-7-12/h3-7,13,16H,8-11H2,1-2H3/p+1/t13-,14+/m0/s1. The van der Waals surface area contributed by atoms with E-state index in [1.54, 1.807) is 0 Å². The molecule has 2 N–H and O–H groups in total. The summed E-state index contributed by atoms with van der Waals surface area (Å²) in [6, 6.07) is 10.2. The molecule has 0 aliphatic carbocycles. The molecule has 0 unspecified atom stereocenters. The van der Waals surface area contributed by atoms with Crippen LogP contribution in [-0.4, -0.2) is 37.3 Å². The van der Waals surface area contributed by atoms with Crippen LogP contribution in [0.25, 0.3) is 0 Å². The zero-order chi connectivity index (χ0) is 12.3. The third kappa shape index (κ3) is 2.84. The average Bonchev–Trinajstić information content (AvgIpc) is 2.33. The first kappa shape index (κ1) is 12.9. The number of hydrogen-bond acceptors (Lipinski definition) is 2. The Hall–Kier alpha value is -0.510. The fourth-order valence-electron chi connectivity index (χ4n) is 2.62. The van der Waals surface area contributed by atoms with Crippen molar-refractivity contribution in [2.75, 3.05) is 32.1 Å². The third-order valence-electron chi connectivity index (χ3n) is 3.55. The Labute approximate surface area is 108 Å². The van der Waals surface area contributed by atoms with Crippen molar-refractivity contribution in [3.8, 4) is 0 Å². The van der Waals surface area contributed by atoms with Crippen LogP contribution in [0.1, 0.15) is 12.0 Å². The molecule has 1 aliphatic rings. The van der Waals surface area contributed by atoms with Crippen LogP contribution in [-0.2, 0) is 5.60 Å². The molecule has 0 saturated carbocycles. The number of rotatable bonds is 3. The number of quaternary nitrogens is 1. The molecule has 1 saturated heterocycles. The fourth-order valence-corrected chi connectivity index (χ4v) is 3.92. The van der Waals surface area contributed by atoms with Crippen LogP contribution in [0, 0.1) is 5.92 Å². The van der Waals surface area contributed by atoms with Gasteiger partial charge in [-0.1, -0.05) is 30.3 Å². The molecule has 0 radical (unpaired) electrons. The molecule has 1 heterocycles. The monoisotopic (exact) mass is 252 g/mol. The maximum Gasteiger partial charge on any atom is 0.0994 e. The Morgan fingerprint density at radius 2 is 2.06 bits per heavy atom. The minimum absolute atomic E-state index is 0.355. The minimum Gasteiger partial charge on any atom is -0.385 e. The topological polar surface area (TPSA) is 24.7 Å². The van der Waals surface area contributed by atoms with E-state index in [1.807, 2.05) is 30.0 Å². The van der Waals surface area contributed by atoms with Gasteiger partial charge in [0.1, 0.15) is 0 Å². The summed E-state index contributed by atoms with van der Waals surface area (Å²) in [5.41, 5.74) is 0.468. The number of hydrogen-bond donors (Lipinski definition) is 2. The molecule has 94 valence electrons. The van der Waals surface area contributed by atoms with Gasteiger partial charge in [-0.3, -0.25) is 0 Å². The second-order valence-electron chi connectivity index (χ2n) is 5.22. The second-order valence-corrected chi connectivity index (χ2v) is 6.37. The molecule has 1 aromatic rings. The van der Waals surface area contributed by atoms with Crippen molar-refractivity contribution in [1.29, 1.82) is 0 Å². The van der Waals surface area contributed by atoms with Gasteiger partial charge < -0.3 is 10.0 Å². The van der Waals surface area contributed by atoms with E-state index in [2.05, 4.69) is 26.2 Å². The van der Waals surface area contributed by atoms with E-state index in [1.165, 1.54) is 4.90 Å². The van der Waals surface area contributed by atoms with Crippen LogP contribution in [0.3, 0.4) is 0 Å². The van der Waals surface area contributed by atoms with Gasteiger partial charge in [0.15, 0.2) is 0 Å². The van der Waals surface area contributed by atoms with E-state index in [0.717, 1.165) is 30.0 Å². The highest BCUT2D eigenvalue weighted by Gasteiger charge is 2.41. The van der Waals surface area contributed by atoms with Gasteiger partial charge in [0.2, 0.25) is 0 Å². The Morgan fingerprint density at radius 3 is 2.71 bits per heavy atom. The van der Waals surface area contributed by atoms with E-state index in [9.17, 15) is 5.11 Å². The predicted molar refractivity (Wildman–Crippen MR) is 73.4 cm³/mol. The Bertz CT molecular complexity index is 354. The highest BCUT2D eigenvalue weighted by atomic mass is 32.2. The van der Waals surface area contributed by atoms with Gasteiger partial charge in [-0.25, -0.2) is 0 Å². The van der Waals surface area contributed by atoms with Gasteiger partial charge in [0, 0.05) is 5.75 Å².